The van der Waals surface area contributed by atoms with Gasteiger partial charge in [0, 0.05) is 17.1 Å². The fourth-order valence-electron chi connectivity index (χ4n) is 4.59. The molecule has 0 bridgehead atoms. The zero-order valence-corrected chi connectivity index (χ0v) is 25.1. The number of anilines is 1. The van der Waals surface area contributed by atoms with Crippen LogP contribution in [0.3, 0.4) is 0 Å². The monoisotopic (exact) mass is 673 g/mol. The molecule has 0 saturated heterocycles. The third-order valence-electron chi connectivity index (χ3n) is 6.75. The van der Waals surface area contributed by atoms with E-state index in [0.717, 1.165) is 10.4 Å². The molecule has 6 aromatic rings. The number of benzene rings is 3. The zero-order valence-electron chi connectivity index (χ0n) is 22.7. The minimum atomic E-state index is -1.08. The van der Waals surface area contributed by atoms with Gasteiger partial charge in [-0.3, -0.25) is 0 Å². The number of aliphatic carboxylic acids is 1. The van der Waals surface area contributed by atoms with Crippen molar-refractivity contribution in [1.82, 2.24) is 19.9 Å². The number of carboxylic acids is 1. The summed E-state index contributed by atoms with van der Waals surface area (Å²) in [5, 5.41) is 13.9. The number of carbonyl (C=O) groups is 1. The molecule has 44 heavy (non-hydrogen) atoms. The van der Waals surface area contributed by atoms with Crippen LogP contribution in [0.4, 0.5) is 14.6 Å². The van der Waals surface area contributed by atoms with Crippen LogP contribution >= 0.6 is 27.3 Å². The summed E-state index contributed by atoms with van der Waals surface area (Å²) in [6.45, 7) is 0.0622. The Kier molecular flexibility index (Phi) is 8.53. The van der Waals surface area contributed by atoms with E-state index >= 15 is 0 Å². The van der Waals surface area contributed by atoms with Gasteiger partial charge in [0.05, 0.1) is 21.5 Å². The van der Waals surface area contributed by atoms with Crippen LogP contribution in [0.2, 0.25) is 0 Å². The van der Waals surface area contributed by atoms with Crippen LogP contribution in [0.25, 0.3) is 32.0 Å². The molecular formula is C32H22BrF2N5O3S. The number of carboxylic acid groups (broad SMARTS) is 1. The molecule has 1 atom stereocenters. The largest absolute Gasteiger partial charge is 0.487 e. The molecule has 3 heterocycles. The minimum absolute atomic E-state index is 0.0622. The van der Waals surface area contributed by atoms with Crippen molar-refractivity contribution in [3.63, 3.8) is 0 Å². The third-order valence-corrected chi connectivity index (χ3v) is 8.95. The number of aromatic nitrogens is 4. The number of nitrogens with one attached hydrogen (secondary N) is 1. The fraction of sp³-hybridized carbons (Fsp3) is 0.0938. The highest BCUT2D eigenvalue weighted by Gasteiger charge is 2.24. The van der Waals surface area contributed by atoms with Crippen LogP contribution in [0.1, 0.15) is 11.3 Å². The second-order valence-electron chi connectivity index (χ2n) is 9.64. The van der Waals surface area contributed by atoms with E-state index in [1.807, 2.05) is 0 Å². The summed E-state index contributed by atoms with van der Waals surface area (Å²) in [4.78, 5) is 31.2. The maximum Gasteiger partial charge on any atom is 0.326 e. The fourth-order valence-corrected chi connectivity index (χ4v) is 6.61. The standard InChI is InChI=1S/C32H22BrF2N5O3S/c33-27-26-30(37-17-38-31(26)44-28(27)18-9-11-20(34)12-10-18)40-24(32(41)42)15-19-5-1-4-8-25(19)43-16-21-13-14-36-29(39-21)22-6-2-3-7-23(22)35/h1-14,17,24H,15-16H2,(H,41,42)(H,37,38,40). The van der Waals surface area contributed by atoms with Crippen molar-refractivity contribution >= 4 is 49.3 Å². The second kappa shape index (κ2) is 12.8. The molecule has 8 nitrogen and oxygen atoms in total. The molecule has 1 unspecified atom stereocenters. The molecule has 0 saturated carbocycles. The van der Waals surface area contributed by atoms with Crippen LogP contribution in [-0.4, -0.2) is 37.1 Å². The third kappa shape index (κ3) is 6.26. The van der Waals surface area contributed by atoms with Crippen molar-refractivity contribution in [3.8, 4) is 27.6 Å². The zero-order chi connectivity index (χ0) is 30.6. The number of thiophene rings is 1. The summed E-state index contributed by atoms with van der Waals surface area (Å²) in [5.74, 6) is -0.780. The Morgan fingerprint density at radius 1 is 0.977 bits per heavy atom. The summed E-state index contributed by atoms with van der Waals surface area (Å²) < 4.78 is 34.5. The Morgan fingerprint density at radius 3 is 2.55 bits per heavy atom. The smallest absolute Gasteiger partial charge is 0.326 e. The highest BCUT2D eigenvalue weighted by molar-refractivity contribution is 9.10. The van der Waals surface area contributed by atoms with E-state index < -0.39 is 17.8 Å². The molecule has 0 aliphatic heterocycles. The van der Waals surface area contributed by atoms with Gasteiger partial charge in [0.25, 0.3) is 0 Å². The Hall–Kier alpha value is -4.81. The molecular weight excluding hydrogens is 652 g/mol. The molecule has 0 aliphatic carbocycles. The predicted molar refractivity (Wildman–Crippen MR) is 167 cm³/mol. The number of para-hydroxylation sites is 1. The van der Waals surface area contributed by atoms with Crippen LogP contribution in [-0.2, 0) is 17.8 Å². The highest BCUT2D eigenvalue weighted by Crippen LogP contribution is 2.43. The summed E-state index contributed by atoms with van der Waals surface area (Å²) in [6.07, 6.45) is 2.99. The lowest BCUT2D eigenvalue weighted by Gasteiger charge is -2.18. The van der Waals surface area contributed by atoms with Crippen LogP contribution < -0.4 is 10.1 Å². The van der Waals surface area contributed by atoms with Crippen LogP contribution in [0.5, 0.6) is 5.75 Å². The Bertz CT molecular complexity index is 1970. The van der Waals surface area contributed by atoms with E-state index in [-0.39, 0.29) is 30.2 Å². The van der Waals surface area contributed by atoms with E-state index in [9.17, 15) is 18.7 Å². The van der Waals surface area contributed by atoms with Crippen molar-refractivity contribution in [1.29, 1.82) is 0 Å². The van der Waals surface area contributed by atoms with Gasteiger partial charge < -0.3 is 15.2 Å². The lowest BCUT2D eigenvalue weighted by molar-refractivity contribution is -0.137. The number of ether oxygens (including phenoxy) is 1. The van der Waals surface area contributed by atoms with Gasteiger partial charge in [-0.05, 0) is 63.5 Å². The quantitative estimate of drug-likeness (QED) is 0.153. The van der Waals surface area contributed by atoms with Crippen molar-refractivity contribution in [3.05, 3.63) is 119 Å². The van der Waals surface area contributed by atoms with Crippen molar-refractivity contribution < 1.29 is 23.4 Å². The maximum absolute atomic E-state index is 14.3. The molecule has 2 N–H and O–H groups in total. The van der Waals surface area contributed by atoms with Gasteiger partial charge in [0.1, 0.15) is 47.0 Å². The van der Waals surface area contributed by atoms with Crippen molar-refractivity contribution in [2.75, 3.05) is 5.32 Å². The van der Waals surface area contributed by atoms with E-state index in [2.05, 4.69) is 41.2 Å². The maximum atomic E-state index is 14.3. The molecule has 6 rings (SSSR count). The molecule has 0 radical (unpaired) electrons. The van der Waals surface area contributed by atoms with Crippen LogP contribution in [0, 0.1) is 11.6 Å². The lowest BCUT2D eigenvalue weighted by atomic mass is 10.0. The second-order valence-corrected chi connectivity index (χ2v) is 11.4. The molecule has 0 spiro atoms. The first-order valence-corrected chi connectivity index (χ1v) is 14.9. The van der Waals surface area contributed by atoms with E-state index in [1.165, 1.54) is 42.1 Å². The molecule has 3 aromatic carbocycles. The molecule has 3 aromatic heterocycles. The molecule has 0 amide bonds. The van der Waals surface area contributed by atoms with Gasteiger partial charge in [-0.1, -0.05) is 42.5 Å². The Morgan fingerprint density at radius 2 is 1.75 bits per heavy atom. The first-order valence-electron chi connectivity index (χ1n) is 13.3. The minimum Gasteiger partial charge on any atom is -0.487 e. The number of nitrogens with zero attached hydrogens (tertiary/aromatic N) is 4. The van der Waals surface area contributed by atoms with E-state index in [4.69, 9.17) is 4.74 Å². The summed E-state index contributed by atoms with van der Waals surface area (Å²) in [6, 6.07) is 20.1. The number of hydrogen-bond donors (Lipinski definition) is 2. The average molecular weight is 675 g/mol. The van der Waals surface area contributed by atoms with Gasteiger partial charge in [-0.15, -0.1) is 11.3 Å². The first-order chi connectivity index (χ1) is 21.4. The summed E-state index contributed by atoms with van der Waals surface area (Å²) in [7, 11) is 0. The first kappa shape index (κ1) is 29.3. The normalized spacial score (nSPS) is 11.8. The Labute approximate surface area is 262 Å². The molecule has 220 valence electrons. The highest BCUT2D eigenvalue weighted by atomic mass is 79.9. The number of hydrogen-bond acceptors (Lipinski definition) is 8. The number of halogens is 3. The number of fused-ring (bicyclic) bond motifs is 1. The van der Waals surface area contributed by atoms with Crippen molar-refractivity contribution in [2.45, 2.75) is 19.1 Å². The molecule has 0 aliphatic rings. The average Bonchev–Trinajstić information content (AvgIpc) is 3.38. The Balaban J connectivity index is 1.23. The SMILES string of the molecule is O=C(O)C(Cc1ccccc1OCc1ccnc(-c2ccccc2F)n1)Nc1ncnc2sc(-c3ccc(F)cc3)c(Br)c12. The van der Waals surface area contributed by atoms with E-state index in [0.29, 0.717) is 37.5 Å². The van der Waals surface area contributed by atoms with Crippen molar-refractivity contribution in [2.24, 2.45) is 0 Å². The van der Waals surface area contributed by atoms with Gasteiger partial charge >= 0.3 is 5.97 Å². The molecule has 12 heteroatoms. The lowest BCUT2D eigenvalue weighted by Crippen LogP contribution is -2.32. The number of rotatable bonds is 10. The van der Waals surface area contributed by atoms with Gasteiger partial charge in [-0.2, -0.15) is 0 Å². The van der Waals surface area contributed by atoms with Crippen LogP contribution in [0.15, 0.2) is 95.9 Å². The van der Waals surface area contributed by atoms with E-state index in [1.54, 1.807) is 60.7 Å². The predicted octanol–water partition coefficient (Wildman–Crippen LogP) is 7.54. The van der Waals surface area contributed by atoms with Gasteiger partial charge in [0.2, 0.25) is 0 Å². The van der Waals surface area contributed by atoms with Gasteiger partial charge in [0.15, 0.2) is 5.82 Å². The summed E-state index contributed by atoms with van der Waals surface area (Å²) >= 11 is 5.01. The summed E-state index contributed by atoms with van der Waals surface area (Å²) in [5.41, 5.74) is 2.25. The topological polar surface area (TPSA) is 110 Å². The molecule has 0 fully saturated rings. The van der Waals surface area contributed by atoms with Gasteiger partial charge in [-0.25, -0.2) is 33.5 Å².